The van der Waals surface area contributed by atoms with Gasteiger partial charge in [-0.1, -0.05) is 19.3 Å². The summed E-state index contributed by atoms with van der Waals surface area (Å²) in [6.07, 6.45) is 4.33. The number of aliphatic hydroxyl groups is 2. The second-order valence-electron chi connectivity index (χ2n) is 5.63. The number of unbranched alkanes of at least 4 members (excludes halogenated alkanes) is 4. The third-order valence-electron chi connectivity index (χ3n) is 3.72. The molecular formula is C17H25NO6. The maximum absolute atomic E-state index is 12.1. The van der Waals surface area contributed by atoms with E-state index < -0.39 is 19.2 Å². The highest BCUT2D eigenvalue weighted by atomic mass is 16.4. The standard InChI is InChI=1S/C17H25NO6/c19-10-13-8-12(9-14(11-20)16(13)23)17(24)18-7-5-3-1-2-4-6-15(21)22/h8-9,19-20,23H,1-7,10-11H2,(H,18,24)(H,21,22). The molecule has 0 saturated carbocycles. The highest BCUT2D eigenvalue weighted by Crippen LogP contribution is 2.25. The first-order valence-electron chi connectivity index (χ1n) is 8.06. The van der Waals surface area contributed by atoms with E-state index in [9.17, 15) is 24.9 Å². The van der Waals surface area contributed by atoms with E-state index in [0.29, 0.717) is 13.0 Å². The van der Waals surface area contributed by atoms with Crippen LogP contribution in [0.3, 0.4) is 0 Å². The molecule has 1 rings (SSSR count). The molecule has 134 valence electrons. The molecule has 24 heavy (non-hydrogen) atoms. The number of nitrogens with one attached hydrogen (secondary N) is 1. The van der Waals surface area contributed by atoms with E-state index in [1.807, 2.05) is 0 Å². The Balaban J connectivity index is 2.37. The average Bonchev–Trinajstić information content (AvgIpc) is 2.56. The highest BCUT2D eigenvalue weighted by Gasteiger charge is 2.13. The summed E-state index contributed by atoms with van der Waals surface area (Å²) in [6.45, 7) is -0.353. The van der Waals surface area contributed by atoms with Gasteiger partial charge in [-0.25, -0.2) is 0 Å². The van der Waals surface area contributed by atoms with Crippen LogP contribution in [0.1, 0.15) is 60.0 Å². The molecule has 0 aromatic heterocycles. The van der Waals surface area contributed by atoms with Gasteiger partial charge in [0.25, 0.3) is 5.91 Å². The summed E-state index contributed by atoms with van der Waals surface area (Å²) in [5.74, 6) is -1.30. The van der Waals surface area contributed by atoms with Crippen molar-refractivity contribution in [3.05, 3.63) is 28.8 Å². The number of carboxylic acid groups (broad SMARTS) is 1. The lowest BCUT2D eigenvalue weighted by Crippen LogP contribution is -2.24. The second-order valence-corrected chi connectivity index (χ2v) is 5.63. The summed E-state index contributed by atoms with van der Waals surface area (Å²) < 4.78 is 0. The quantitative estimate of drug-likeness (QED) is 0.389. The van der Waals surface area contributed by atoms with Gasteiger partial charge in [0.1, 0.15) is 5.75 Å². The SMILES string of the molecule is O=C(O)CCCCCCCNC(=O)c1cc(CO)c(O)c(CO)c1. The summed E-state index contributed by atoms with van der Waals surface area (Å²) in [6, 6.07) is 2.80. The molecule has 0 aliphatic heterocycles. The number of aliphatic hydroxyl groups excluding tert-OH is 2. The number of aliphatic carboxylic acids is 1. The fourth-order valence-corrected chi connectivity index (χ4v) is 2.37. The van der Waals surface area contributed by atoms with Crippen molar-refractivity contribution in [1.82, 2.24) is 5.32 Å². The highest BCUT2D eigenvalue weighted by molar-refractivity contribution is 5.94. The molecule has 0 spiro atoms. The van der Waals surface area contributed by atoms with Crippen molar-refractivity contribution in [2.45, 2.75) is 51.7 Å². The summed E-state index contributed by atoms with van der Waals surface area (Å²) in [5, 5.41) is 39.4. The van der Waals surface area contributed by atoms with Crippen LogP contribution >= 0.6 is 0 Å². The van der Waals surface area contributed by atoms with E-state index in [1.54, 1.807) is 0 Å². The van der Waals surface area contributed by atoms with Crippen LogP contribution < -0.4 is 5.32 Å². The number of hydrogen-bond donors (Lipinski definition) is 5. The molecule has 5 N–H and O–H groups in total. The summed E-state index contributed by atoms with van der Waals surface area (Å²) in [4.78, 5) is 22.4. The van der Waals surface area contributed by atoms with Crippen LogP contribution in [0.4, 0.5) is 0 Å². The molecule has 0 bridgehead atoms. The fraction of sp³-hybridized carbons (Fsp3) is 0.529. The normalized spacial score (nSPS) is 10.6. The first kappa shape index (κ1) is 19.9. The van der Waals surface area contributed by atoms with Crippen molar-refractivity contribution in [1.29, 1.82) is 0 Å². The van der Waals surface area contributed by atoms with Crippen LogP contribution in [0.2, 0.25) is 0 Å². The minimum Gasteiger partial charge on any atom is -0.507 e. The minimum absolute atomic E-state index is 0.192. The van der Waals surface area contributed by atoms with Crippen molar-refractivity contribution in [2.24, 2.45) is 0 Å². The van der Waals surface area contributed by atoms with Gasteiger partial charge in [0.05, 0.1) is 13.2 Å². The average molecular weight is 339 g/mol. The number of benzene rings is 1. The van der Waals surface area contributed by atoms with Gasteiger partial charge in [-0.3, -0.25) is 9.59 Å². The molecule has 0 fully saturated rings. The van der Waals surface area contributed by atoms with Gasteiger partial charge < -0.3 is 25.7 Å². The third-order valence-corrected chi connectivity index (χ3v) is 3.72. The van der Waals surface area contributed by atoms with Crippen LogP contribution in [0.25, 0.3) is 0 Å². The maximum atomic E-state index is 12.1. The topological polar surface area (TPSA) is 127 Å². The Bertz CT molecular complexity index is 533. The molecule has 0 saturated heterocycles. The monoisotopic (exact) mass is 339 g/mol. The Kier molecular flexibility index (Phi) is 8.81. The van der Waals surface area contributed by atoms with Crippen LogP contribution in [0.5, 0.6) is 5.75 Å². The first-order valence-corrected chi connectivity index (χ1v) is 8.06. The summed E-state index contributed by atoms with van der Waals surface area (Å²) >= 11 is 0. The van der Waals surface area contributed by atoms with Crippen molar-refractivity contribution in [2.75, 3.05) is 6.54 Å². The lowest BCUT2D eigenvalue weighted by Gasteiger charge is -2.11. The zero-order valence-electron chi connectivity index (χ0n) is 13.6. The second kappa shape index (κ2) is 10.6. The van der Waals surface area contributed by atoms with Gasteiger partial charge in [-0.05, 0) is 25.0 Å². The van der Waals surface area contributed by atoms with Gasteiger partial charge in [0.15, 0.2) is 0 Å². The van der Waals surface area contributed by atoms with E-state index >= 15 is 0 Å². The molecule has 7 heteroatoms. The Morgan fingerprint density at radius 3 is 2.00 bits per heavy atom. The molecule has 0 heterocycles. The van der Waals surface area contributed by atoms with E-state index in [-0.39, 0.29) is 34.8 Å². The fourth-order valence-electron chi connectivity index (χ4n) is 2.37. The number of hydrogen-bond acceptors (Lipinski definition) is 5. The zero-order chi connectivity index (χ0) is 17.9. The van der Waals surface area contributed by atoms with E-state index in [1.165, 1.54) is 12.1 Å². The molecule has 1 amide bonds. The van der Waals surface area contributed by atoms with E-state index in [0.717, 1.165) is 25.7 Å². The smallest absolute Gasteiger partial charge is 0.303 e. The molecule has 7 nitrogen and oxygen atoms in total. The molecule has 0 radical (unpaired) electrons. The third kappa shape index (κ3) is 6.55. The number of rotatable bonds is 11. The van der Waals surface area contributed by atoms with Crippen LogP contribution in [-0.4, -0.2) is 38.8 Å². The predicted octanol–water partition coefficient (Wildman–Crippen LogP) is 1.53. The summed E-state index contributed by atoms with van der Waals surface area (Å²) in [7, 11) is 0. The van der Waals surface area contributed by atoms with Gasteiger partial charge >= 0.3 is 5.97 Å². The lowest BCUT2D eigenvalue weighted by molar-refractivity contribution is -0.137. The largest absolute Gasteiger partial charge is 0.507 e. The molecule has 1 aromatic rings. The molecule has 0 unspecified atom stereocenters. The van der Waals surface area contributed by atoms with Crippen molar-refractivity contribution in [3.63, 3.8) is 0 Å². The van der Waals surface area contributed by atoms with Crippen molar-refractivity contribution >= 4 is 11.9 Å². The molecule has 0 aliphatic carbocycles. The minimum atomic E-state index is -0.777. The predicted molar refractivity (Wildman–Crippen MR) is 87.6 cm³/mol. The van der Waals surface area contributed by atoms with Gasteiger partial charge in [-0.2, -0.15) is 0 Å². The Morgan fingerprint density at radius 1 is 0.917 bits per heavy atom. The molecular weight excluding hydrogens is 314 g/mol. The Labute approximate surface area is 140 Å². The number of aromatic hydroxyl groups is 1. The number of phenols is 1. The van der Waals surface area contributed by atoms with Gasteiger partial charge in [0, 0.05) is 29.7 Å². The van der Waals surface area contributed by atoms with Crippen LogP contribution in [0, 0.1) is 0 Å². The number of carbonyl (C=O) groups is 2. The van der Waals surface area contributed by atoms with Crippen molar-refractivity contribution < 1.29 is 30.0 Å². The summed E-state index contributed by atoms with van der Waals surface area (Å²) in [5.41, 5.74) is 0.678. The van der Waals surface area contributed by atoms with Crippen LogP contribution in [0.15, 0.2) is 12.1 Å². The number of carbonyl (C=O) groups excluding carboxylic acids is 1. The van der Waals surface area contributed by atoms with E-state index in [4.69, 9.17) is 5.11 Å². The molecule has 0 atom stereocenters. The van der Waals surface area contributed by atoms with Crippen LogP contribution in [-0.2, 0) is 18.0 Å². The van der Waals surface area contributed by atoms with E-state index in [2.05, 4.69) is 5.32 Å². The Hall–Kier alpha value is -2.12. The number of carboxylic acids is 1. The molecule has 1 aromatic carbocycles. The van der Waals surface area contributed by atoms with Crippen molar-refractivity contribution in [3.8, 4) is 5.75 Å². The number of amides is 1. The maximum Gasteiger partial charge on any atom is 0.303 e. The first-order chi connectivity index (χ1) is 11.5. The lowest BCUT2D eigenvalue weighted by atomic mass is 10.0. The zero-order valence-corrected chi connectivity index (χ0v) is 13.6. The Morgan fingerprint density at radius 2 is 1.46 bits per heavy atom. The van der Waals surface area contributed by atoms with Gasteiger partial charge in [-0.15, -0.1) is 0 Å². The molecule has 0 aliphatic rings. The van der Waals surface area contributed by atoms with Gasteiger partial charge in [0.2, 0.25) is 0 Å².